The van der Waals surface area contributed by atoms with E-state index in [2.05, 4.69) is 24.0 Å². The summed E-state index contributed by atoms with van der Waals surface area (Å²) < 4.78 is 26.9. The van der Waals surface area contributed by atoms with E-state index in [4.69, 9.17) is 0 Å². The normalized spacial score (nSPS) is 30.9. The molecular weight excluding hydrogens is 304 g/mol. The molecule has 0 radical (unpaired) electrons. The zero-order valence-electron chi connectivity index (χ0n) is 12.4. The largest absolute Gasteiger partial charge is 0.294 e. The van der Waals surface area contributed by atoms with Gasteiger partial charge < -0.3 is 0 Å². The first-order chi connectivity index (χ1) is 10.1. The molecule has 1 aromatic rings. The standard InChI is InChI=1S/C15H22N2O2S2/c1-11-2-3-12(20-11)10-16-8-6-15-14(16)7-9-17(15)21(18,19)13-4-5-13/h2-3,13-15H,4-10H2,1H3/t14-,15+/m0/s1. The number of rotatable bonds is 4. The SMILES string of the molecule is Cc1ccc(CN2CC[C@@H]3[C@@H]2CCN3S(=O)(=O)C2CC2)s1. The number of likely N-dealkylation sites (tertiary alicyclic amines) is 1. The van der Waals surface area contributed by atoms with Gasteiger partial charge in [-0.15, -0.1) is 11.3 Å². The number of thiophene rings is 1. The van der Waals surface area contributed by atoms with Crippen molar-refractivity contribution in [2.75, 3.05) is 13.1 Å². The van der Waals surface area contributed by atoms with E-state index in [1.54, 1.807) is 0 Å². The number of hydrogen-bond acceptors (Lipinski definition) is 4. The highest BCUT2D eigenvalue weighted by Gasteiger charge is 2.50. The van der Waals surface area contributed by atoms with Crippen molar-refractivity contribution in [1.82, 2.24) is 9.21 Å². The molecule has 4 rings (SSSR count). The molecule has 0 aromatic carbocycles. The van der Waals surface area contributed by atoms with Gasteiger partial charge in [-0.25, -0.2) is 8.42 Å². The minimum absolute atomic E-state index is 0.0646. The molecular formula is C15H22N2O2S2. The van der Waals surface area contributed by atoms with E-state index in [1.165, 1.54) is 9.75 Å². The van der Waals surface area contributed by atoms with Gasteiger partial charge in [0.15, 0.2) is 0 Å². The zero-order valence-corrected chi connectivity index (χ0v) is 14.0. The minimum Gasteiger partial charge on any atom is -0.294 e. The highest BCUT2D eigenvalue weighted by Crippen LogP contribution is 2.40. The van der Waals surface area contributed by atoms with Crippen LogP contribution in [0.1, 0.15) is 35.4 Å². The van der Waals surface area contributed by atoms with Crippen LogP contribution in [0.15, 0.2) is 12.1 Å². The molecule has 4 nitrogen and oxygen atoms in total. The molecule has 3 heterocycles. The van der Waals surface area contributed by atoms with Gasteiger partial charge in [-0.3, -0.25) is 4.90 Å². The number of fused-ring (bicyclic) bond motifs is 1. The summed E-state index contributed by atoms with van der Waals surface area (Å²) in [5.74, 6) is 0. The first-order valence-electron chi connectivity index (χ1n) is 7.86. The monoisotopic (exact) mass is 326 g/mol. The van der Waals surface area contributed by atoms with Crippen molar-refractivity contribution in [2.45, 2.75) is 56.5 Å². The molecule has 0 amide bonds. The van der Waals surface area contributed by atoms with E-state index in [-0.39, 0.29) is 11.3 Å². The average molecular weight is 326 g/mol. The summed E-state index contributed by atoms with van der Waals surface area (Å²) in [6.07, 6.45) is 3.74. The molecule has 0 spiro atoms. The van der Waals surface area contributed by atoms with Crippen molar-refractivity contribution in [3.05, 3.63) is 21.9 Å². The lowest BCUT2D eigenvalue weighted by atomic mass is 10.1. The molecule has 2 atom stereocenters. The molecule has 3 aliphatic rings. The van der Waals surface area contributed by atoms with Crippen molar-refractivity contribution in [1.29, 1.82) is 0 Å². The van der Waals surface area contributed by atoms with Crippen LogP contribution in [0, 0.1) is 6.92 Å². The summed E-state index contributed by atoms with van der Waals surface area (Å²) in [6.45, 7) is 4.88. The quantitative estimate of drug-likeness (QED) is 0.852. The van der Waals surface area contributed by atoms with Crippen LogP contribution in [0.5, 0.6) is 0 Å². The van der Waals surface area contributed by atoms with E-state index >= 15 is 0 Å². The molecule has 6 heteroatoms. The Bertz CT molecular complexity index is 636. The lowest BCUT2D eigenvalue weighted by Crippen LogP contribution is -2.40. The molecule has 3 fully saturated rings. The lowest BCUT2D eigenvalue weighted by Gasteiger charge is -2.25. The lowest BCUT2D eigenvalue weighted by molar-refractivity contribution is 0.242. The number of hydrogen-bond donors (Lipinski definition) is 0. The van der Waals surface area contributed by atoms with Crippen LogP contribution in [-0.2, 0) is 16.6 Å². The van der Waals surface area contributed by atoms with Crippen LogP contribution in [-0.4, -0.2) is 48.0 Å². The summed E-state index contributed by atoms with van der Waals surface area (Å²) >= 11 is 1.86. The van der Waals surface area contributed by atoms with Crippen molar-refractivity contribution in [2.24, 2.45) is 0 Å². The minimum atomic E-state index is -3.00. The summed E-state index contributed by atoms with van der Waals surface area (Å²) in [6, 6.07) is 5.05. The van der Waals surface area contributed by atoms with Crippen molar-refractivity contribution < 1.29 is 8.42 Å². The molecule has 2 aliphatic heterocycles. The molecule has 0 bridgehead atoms. The molecule has 1 saturated carbocycles. The number of aryl methyl sites for hydroxylation is 1. The molecule has 0 N–H and O–H groups in total. The van der Waals surface area contributed by atoms with Crippen LogP contribution < -0.4 is 0 Å². The van der Waals surface area contributed by atoms with E-state index in [0.29, 0.717) is 6.04 Å². The zero-order chi connectivity index (χ0) is 14.6. The first kappa shape index (κ1) is 14.2. The maximum absolute atomic E-state index is 12.5. The van der Waals surface area contributed by atoms with Gasteiger partial charge in [0, 0.05) is 41.5 Å². The van der Waals surface area contributed by atoms with E-state index in [0.717, 1.165) is 45.3 Å². The maximum Gasteiger partial charge on any atom is 0.217 e. The van der Waals surface area contributed by atoms with E-state index < -0.39 is 10.0 Å². The van der Waals surface area contributed by atoms with Crippen molar-refractivity contribution in [3.8, 4) is 0 Å². The topological polar surface area (TPSA) is 40.6 Å². The fraction of sp³-hybridized carbons (Fsp3) is 0.733. The highest BCUT2D eigenvalue weighted by atomic mass is 32.2. The van der Waals surface area contributed by atoms with Crippen LogP contribution >= 0.6 is 11.3 Å². The fourth-order valence-electron chi connectivity index (χ4n) is 3.88. The summed E-state index contributed by atoms with van der Waals surface area (Å²) in [5.41, 5.74) is 0. The van der Waals surface area contributed by atoms with Gasteiger partial charge in [-0.2, -0.15) is 4.31 Å². The van der Waals surface area contributed by atoms with Crippen molar-refractivity contribution in [3.63, 3.8) is 0 Å². The van der Waals surface area contributed by atoms with E-state index in [9.17, 15) is 8.42 Å². The Kier molecular flexibility index (Phi) is 3.41. The predicted molar refractivity (Wildman–Crippen MR) is 84.9 cm³/mol. The van der Waals surface area contributed by atoms with Gasteiger partial charge in [0.25, 0.3) is 0 Å². The van der Waals surface area contributed by atoms with Crippen LogP contribution in [0.2, 0.25) is 0 Å². The van der Waals surface area contributed by atoms with Crippen LogP contribution in [0.3, 0.4) is 0 Å². The Morgan fingerprint density at radius 3 is 2.57 bits per heavy atom. The molecule has 116 valence electrons. The number of sulfonamides is 1. The fourth-order valence-corrected chi connectivity index (χ4v) is 6.89. The predicted octanol–water partition coefficient (Wildman–Crippen LogP) is 2.20. The Labute approximate surface area is 130 Å². The second-order valence-electron chi connectivity index (χ2n) is 6.55. The average Bonchev–Trinajstić information content (AvgIpc) is 2.93. The smallest absolute Gasteiger partial charge is 0.217 e. The molecule has 21 heavy (non-hydrogen) atoms. The van der Waals surface area contributed by atoms with Gasteiger partial charge in [-0.05, 0) is 44.7 Å². The van der Waals surface area contributed by atoms with Gasteiger partial charge in [-0.1, -0.05) is 0 Å². The maximum atomic E-state index is 12.5. The molecule has 1 aliphatic carbocycles. The number of nitrogens with zero attached hydrogens (tertiary/aromatic N) is 2. The van der Waals surface area contributed by atoms with E-state index in [1.807, 2.05) is 15.6 Å². The summed E-state index contributed by atoms with van der Waals surface area (Å²) in [7, 11) is -3.00. The van der Waals surface area contributed by atoms with Crippen LogP contribution in [0.25, 0.3) is 0 Å². The molecule has 2 saturated heterocycles. The van der Waals surface area contributed by atoms with Gasteiger partial charge in [0.05, 0.1) is 5.25 Å². The van der Waals surface area contributed by atoms with Gasteiger partial charge >= 0.3 is 0 Å². The van der Waals surface area contributed by atoms with Gasteiger partial charge in [0.1, 0.15) is 0 Å². The third kappa shape index (κ3) is 2.46. The summed E-state index contributed by atoms with van der Waals surface area (Å²) in [5, 5.41) is -0.0646. The third-order valence-corrected chi connectivity index (χ3v) is 8.47. The summed E-state index contributed by atoms with van der Waals surface area (Å²) in [4.78, 5) is 5.25. The molecule has 1 aromatic heterocycles. The third-order valence-electron chi connectivity index (χ3n) is 5.07. The highest BCUT2D eigenvalue weighted by molar-refractivity contribution is 7.90. The Morgan fingerprint density at radius 2 is 1.90 bits per heavy atom. The second-order valence-corrected chi connectivity index (χ2v) is 10.1. The second kappa shape index (κ2) is 5.05. The van der Waals surface area contributed by atoms with Gasteiger partial charge in [0.2, 0.25) is 10.0 Å². The van der Waals surface area contributed by atoms with Crippen LogP contribution in [0.4, 0.5) is 0 Å². The Morgan fingerprint density at radius 1 is 1.14 bits per heavy atom. The van der Waals surface area contributed by atoms with Crippen molar-refractivity contribution >= 4 is 21.4 Å². The Balaban J connectivity index is 1.48. The molecule has 0 unspecified atom stereocenters. The first-order valence-corrected chi connectivity index (χ1v) is 10.2. The Hall–Kier alpha value is -0.430.